The van der Waals surface area contributed by atoms with Crippen molar-refractivity contribution in [2.45, 2.75) is 64.5 Å². The molecule has 0 aliphatic heterocycles. The first-order chi connectivity index (χ1) is 11.6. The Morgan fingerprint density at radius 3 is 1.50 bits per heavy atom. The van der Waals surface area contributed by atoms with Gasteiger partial charge in [-0.3, -0.25) is 0 Å². The van der Waals surface area contributed by atoms with Crippen LogP contribution in [-0.2, 0) is 43.7 Å². The van der Waals surface area contributed by atoms with Crippen LogP contribution in [0.2, 0.25) is 13.1 Å². The van der Waals surface area contributed by atoms with E-state index in [2.05, 4.69) is 49.5 Å². The van der Waals surface area contributed by atoms with Crippen molar-refractivity contribution in [2.75, 3.05) is 0 Å². The van der Waals surface area contributed by atoms with E-state index in [1.54, 1.807) is 22.3 Å². The van der Waals surface area contributed by atoms with Crippen LogP contribution in [0.1, 0.15) is 47.9 Å². The van der Waals surface area contributed by atoms with Gasteiger partial charge in [0.2, 0.25) is 0 Å². The van der Waals surface area contributed by atoms with Gasteiger partial charge in [-0.1, -0.05) is 51.4 Å². The summed E-state index contributed by atoms with van der Waals surface area (Å²) < 4.78 is 0. The zero-order chi connectivity index (χ0) is 17.4. The summed E-state index contributed by atoms with van der Waals surface area (Å²) >= 11 is -1.65. The predicted octanol–water partition coefficient (Wildman–Crippen LogP) is 6.73. The number of aryl methyl sites for hydroxylation is 4. The molecule has 2 aromatic rings. The van der Waals surface area contributed by atoms with Crippen LogP contribution < -0.4 is 0 Å². The van der Waals surface area contributed by atoms with E-state index in [1.165, 1.54) is 51.4 Å². The van der Waals surface area contributed by atoms with Gasteiger partial charge < -0.3 is 0 Å². The predicted molar refractivity (Wildman–Crippen MR) is 107 cm³/mol. The van der Waals surface area contributed by atoms with Crippen LogP contribution in [0.3, 0.4) is 0 Å². The minimum absolute atomic E-state index is 0.224. The molecule has 4 rings (SSSR count). The molecule has 0 nitrogen and oxygen atoms in total. The molecule has 0 radical (unpaired) electrons. The fourth-order valence-corrected chi connectivity index (χ4v) is 3.23. The molecule has 0 saturated heterocycles. The minimum atomic E-state index is -1.65. The zero-order valence-corrected chi connectivity index (χ0v) is 19.8. The van der Waals surface area contributed by atoms with Gasteiger partial charge in [0.25, 0.3) is 0 Å². The Kier molecular flexibility index (Phi) is 9.63. The van der Waals surface area contributed by atoms with Crippen molar-refractivity contribution in [3.8, 4) is 0 Å². The minimum Gasteiger partial charge on any atom is -0.210 e. The Bertz CT molecular complexity index is 549. The smallest absolute Gasteiger partial charge is 0.0512 e. The molecule has 2 aromatic carbocycles. The van der Waals surface area contributed by atoms with Gasteiger partial charge in [-0.25, -0.2) is 12.1 Å². The van der Waals surface area contributed by atoms with E-state index < -0.39 is 18.0 Å². The van der Waals surface area contributed by atoms with Gasteiger partial charge in [-0.05, 0) is 0 Å². The number of rotatable bonds is 0. The third kappa shape index (κ3) is 6.94. The number of halogens is 2. The van der Waals surface area contributed by atoms with Crippen LogP contribution in [0.25, 0.3) is 0 Å². The average molecular weight is 459 g/mol. The molecule has 0 unspecified atom stereocenters. The van der Waals surface area contributed by atoms with Gasteiger partial charge in [-0.15, -0.1) is 0 Å². The summed E-state index contributed by atoms with van der Waals surface area (Å²) in [4.78, 5) is 0. The summed E-state index contributed by atoms with van der Waals surface area (Å²) in [5, 5.41) is 0. The van der Waals surface area contributed by atoms with Crippen LogP contribution in [0, 0.1) is 0 Å². The summed E-state index contributed by atoms with van der Waals surface area (Å²) in [6, 6.07) is 13.4. The zero-order valence-electron chi connectivity index (χ0n) is 14.9. The standard InChI is InChI=1S/2C9H11.C2H6Si.2ClH.Zr/c2*1-2-5-9-7-3-6-8(9)4-1;1-3-2;;;/h2*3,6-7H,1-2,4-5H2;1-2H3;2*1H;/q2*-1;;;;+2/p-2. The summed E-state index contributed by atoms with van der Waals surface area (Å²) in [5.41, 5.74) is 6.17. The fourth-order valence-electron chi connectivity index (χ4n) is 3.23. The second-order valence-corrected chi connectivity index (χ2v) is 29.8. The molecular formula is C20H28Cl2SiZr-2. The van der Waals surface area contributed by atoms with Crippen molar-refractivity contribution in [1.82, 2.24) is 0 Å². The van der Waals surface area contributed by atoms with E-state index in [1.807, 2.05) is 0 Å². The van der Waals surface area contributed by atoms with Crippen LogP contribution in [0.15, 0.2) is 36.4 Å². The van der Waals surface area contributed by atoms with E-state index in [4.69, 9.17) is 17.0 Å². The molecule has 4 heteroatoms. The Morgan fingerprint density at radius 2 is 1.17 bits per heavy atom. The van der Waals surface area contributed by atoms with Gasteiger partial charge in [0.05, 0.1) is 0 Å². The third-order valence-electron chi connectivity index (χ3n) is 4.68. The molecule has 0 saturated carbocycles. The first-order valence-corrected chi connectivity index (χ1v) is 21.5. The van der Waals surface area contributed by atoms with E-state index in [0.29, 0.717) is 0 Å². The number of hydrogen-bond donors (Lipinski definition) is 0. The van der Waals surface area contributed by atoms with Crippen molar-refractivity contribution >= 4 is 22.5 Å². The molecule has 0 atom stereocenters. The summed E-state index contributed by atoms with van der Waals surface area (Å²) in [6.45, 7) is 4.33. The van der Waals surface area contributed by atoms with Crippen LogP contribution in [0.5, 0.6) is 0 Å². The Labute approximate surface area is 162 Å². The molecule has 24 heavy (non-hydrogen) atoms. The van der Waals surface area contributed by atoms with Gasteiger partial charge in [0.15, 0.2) is 0 Å². The van der Waals surface area contributed by atoms with Crippen molar-refractivity contribution in [3.05, 3.63) is 58.7 Å². The molecule has 132 valence electrons. The van der Waals surface area contributed by atoms with Crippen molar-refractivity contribution in [2.24, 2.45) is 0 Å². The molecule has 0 spiro atoms. The van der Waals surface area contributed by atoms with Gasteiger partial charge >= 0.3 is 53.5 Å². The van der Waals surface area contributed by atoms with Crippen molar-refractivity contribution in [3.63, 3.8) is 0 Å². The number of hydrogen-bond acceptors (Lipinski definition) is 0. The van der Waals surface area contributed by atoms with E-state index in [-0.39, 0.29) is 5.43 Å². The fraction of sp³-hybridized carbons (Fsp3) is 0.500. The SMILES string of the molecule is C[Si](C)=[Zr]([Cl])[Cl].c1cc2c([cH-]1)CCCC2.c1cc2c([cH-]1)CCCC2. The Hall–Kier alpha value is 0.380. The van der Waals surface area contributed by atoms with E-state index in [9.17, 15) is 0 Å². The molecule has 0 amide bonds. The molecule has 0 aromatic heterocycles. The van der Waals surface area contributed by atoms with Crippen molar-refractivity contribution in [1.29, 1.82) is 0 Å². The van der Waals surface area contributed by atoms with Crippen LogP contribution in [-0.4, -0.2) is 5.43 Å². The van der Waals surface area contributed by atoms with E-state index >= 15 is 0 Å². The molecule has 2 aliphatic rings. The molecular weight excluding hydrogens is 430 g/mol. The maximum Gasteiger partial charge on any atom is -0.0512 e. The maximum absolute atomic E-state index is 5.62. The van der Waals surface area contributed by atoms with Crippen LogP contribution in [0.4, 0.5) is 0 Å². The molecule has 0 N–H and O–H groups in total. The first-order valence-electron chi connectivity index (χ1n) is 9.03. The van der Waals surface area contributed by atoms with Gasteiger partial charge in [0, 0.05) is 0 Å². The quantitative estimate of drug-likeness (QED) is 0.303. The molecule has 0 bridgehead atoms. The third-order valence-corrected chi connectivity index (χ3v) is 24.4. The monoisotopic (exact) mass is 456 g/mol. The normalized spacial score (nSPS) is 15.0. The summed E-state index contributed by atoms with van der Waals surface area (Å²) in [5.74, 6) is 0. The van der Waals surface area contributed by atoms with Crippen LogP contribution >= 0.6 is 17.0 Å². The molecule has 0 heterocycles. The Morgan fingerprint density at radius 1 is 0.792 bits per heavy atom. The van der Waals surface area contributed by atoms with E-state index in [0.717, 1.165) is 0 Å². The topological polar surface area (TPSA) is 0 Å². The first kappa shape index (κ1) is 20.7. The van der Waals surface area contributed by atoms with Gasteiger partial charge in [0.1, 0.15) is 0 Å². The van der Waals surface area contributed by atoms with Gasteiger partial charge in [-0.2, -0.15) is 46.5 Å². The Balaban J connectivity index is 0.000000134. The second kappa shape index (κ2) is 11.2. The summed E-state index contributed by atoms with van der Waals surface area (Å²) in [6.07, 6.45) is 10.9. The largest absolute Gasteiger partial charge is 0.210 e. The number of fused-ring (bicyclic) bond motifs is 2. The summed E-state index contributed by atoms with van der Waals surface area (Å²) in [7, 11) is 11.2. The maximum atomic E-state index is 5.62. The van der Waals surface area contributed by atoms with Crippen molar-refractivity contribution < 1.29 is 18.0 Å². The average Bonchev–Trinajstić information content (AvgIpc) is 3.24. The molecule has 2 aliphatic carbocycles. The molecule has 0 fully saturated rings. The second-order valence-electron chi connectivity index (χ2n) is 6.83.